The third-order valence-corrected chi connectivity index (χ3v) is 4.07. The summed E-state index contributed by atoms with van der Waals surface area (Å²) in [5, 5.41) is 4.52. The lowest BCUT2D eigenvalue weighted by Crippen LogP contribution is -2.37. The Labute approximate surface area is 95.8 Å². The van der Waals surface area contributed by atoms with Crippen LogP contribution in [0.5, 0.6) is 0 Å². The molecule has 2 bridgehead atoms. The van der Waals surface area contributed by atoms with Gasteiger partial charge in [-0.2, -0.15) is 0 Å². The molecule has 2 fully saturated rings. The summed E-state index contributed by atoms with van der Waals surface area (Å²) in [5.41, 5.74) is 1.47. The van der Waals surface area contributed by atoms with Gasteiger partial charge in [0, 0.05) is 17.1 Å². The number of fused-ring (bicyclic) bond motifs is 2. The quantitative estimate of drug-likeness (QED) is 0.767. The summed E-state index contributed by atoms with van der Waals surface area (Å²) in [6.07, 6.45) is 5.35. The van der Waals surface area contributed by atoms with Crippen molar-refractivity contribution in [2.24, 2.45) is 0 Å². The van der Waals surface area contributed by atoms with E-state index in [0.29, 0.717) is 0 Å². The summed E-state index contributed by atoms with van der Waals surface area (Å²) < 4.78 is 0. The molecule has 15 heavy (non-hydrogen) atoms. The molecule has 1 nitrogen and oxygen atoms in total. The van der Waals surface area contributed by atoms with Crippen LogP contribution < -0.4 is 5.32 Å². The summed E-state index contributed by atoms with van der Waals surface area (Å²) >= 11 is 5.91. The lowest BCUT2D eigenvalue weighted by Gasteiger charge is -2.29. The molecule has 80 valence electrons. The predicted molar refractivity (Wildman–Crippen MR) is 63.4 cm³/mol. The lowest BCUT2D eigenvalue weighted by atomic mass is 9.86. The second-order valence-electron chi connectivity index (χ2n) is 4.86. The van der Waals surface area contributed by atoms with Gasteiger partial charge in [0.05, 0.1) is 0 Å². The van der Waals surface area contributed by atoms with Gasteiger partial charge >= 0.3 is 0 Å². The van der Waals surface area contributed by atoms with E-state index in [2.05, 4.69) is 17.4 Å². The van der Waals surface area contributed by atoms with Crippen molar-refractivity contribution in [1.29, 1.82) is 0 Å². The van der Waals surface area contributed by atoms with E-state index in [1.54, 1.807) is 0 Å². The van der Waals surface area contributed by atoms with Crippen LogP contribution in [0.3, 0.4) is 0 Å². The first-order valence-corrected chi connectivity index (χ1v) is 6.20. The molecule has 3 rings (SSSR count). The van der Waals surface area contributed by atoms with Gasteiger partial charge in [-0.1, -0.05) is 23.7 Å². The first kappa shape index (κ1) is 9.68. The number of piperidine rings is 1. The fraction of sp³-hybridized carbons (Fsp3) is 0.538. The monoisotopic (exact) mass is 221 g/mol. The highest BCUT2D eigenvalue weighted by Crippen LogP contribution is 2.37. The molecule has 0 aliphatic carbocycles. The first-order chi connectivity index (χ1) is 7.31. The highest BCUT2D eigenvalue weighted by atomic mass is 35.5. The Balaban J connectivity index is 1.80. The molecule has 1 aromatic rings. The normalized spacial score (nSPS) is 34.3. The summed E-state index contributed by atoms with van der Waals surface area (Å²) in [7, 11) is 0. The van der Waals surface area contributed by atoms with Crippen molar-refractivity contribution >= 4 is 11.6 Å². The molecule has 0 saturated carbocycles. The van der Waals surface area contributed by atoms with Gasteiger partial charge in [0.25, 0.3) is 0 Å². The topological polar surface area (TPSA) is 12.0 Å². The average molecular weight is 222 g/mol. The SMILES string of the molecule is Clc1ccc(C2C[C@H]3CC[C@@H](C2)N3)cc1. The van der Waals surface area contributed by atoms with Crippen LogP contribution in [0, 0.1) is 0 Å². The van der Waals surface area contributed by atoms with Crippen molar-refractivity contribution in [3.8, 4) is 0 Å². The average Bonchev–Trinajstić information content (AvgIpc) is 2.59. The van der Waals surface area contributed by atoms with Crippen LogP contribution in [-0.4, -0.2) is 12.1 Å². The van der Waals surface area contributed by atoms with Crippen LogP contribution in [0.2, 0.25) is 5.02 Å². The maximum Gasteiger partial charge on any atom is 0.0406 e. The summed E-state index contributed by atoms with van der Waals surface area (Å²) in [6.45, 7) is 0. The Morgan fingerprint density at radius 1 is 1.00 bits per heavy atom. The minimum atomic E-state index is 0.751. The molecule has 2 heterocycles. The highest BCUT2D eigenvalue weighted by Gasteiger charge is 2.33. The molecule has 1 N–H and O–H groups in total. The van der Waals surface area contributed by atoms with Crippen molar-refractivity contribution in [1.82, 2.24) is 5.32 Å². The highest BCUT2D eigenvalue weighted by molar-refractivity contribution is 6.30. The number of halogens is 1. The third-order valence-electron chi connectivity index (χ3n) is 3.81. The van der Waals surface area contributed by atoms with Crippen LogP contribution in [0.25, 0.3) is 0 Å². The standard InChI is InChI=1S/C13H16ClN/c14-11-3-1-9(2-4-11)10-7-12-5-6-13(8-10)15-12/h1-4,10,12-13,15H,5-8H2/t10?,12-,13+. The van der Waals surface area contributed by atoms with E-state index in [0.717, 1.165) is 23.0 Å². The van der Waals surface area contributed by atoms with Gasteiger partial charge in [-0.3, -0.25) is 0 Å². The molecule has 0 amide bonds. The zero-order valence-electron chi connectivity index (χ0n) is 8.75. The van der Waals surface area contributed by atoms with E-state index < -0.39 is 0 Å². The third kappa shape index (κ3) is 1.91. The van der Waals surface area contributed by atoms with Crippen molar-refractivity contribution in [3.63, 3.8) is 0 Å². The number of benzene rings is 1. The van der Waals surface area contributed by atoms with Gasteiger partial charge < -0.3 is 5.32 Å². The molecule has 2 aliphatic rings. The second kappa shape index (κ2) is 3.80. The molecular formula is C13H16ClN. The Kier molecular flexibility index (Phi) is 2.45. The van der Waals surface area contributed by atoms with Gasteiger partial charge in [-0.15, -0.1) is 0 Å². The number of rotatable bonds is 1. The number of hydrogen-bond acceptors (Lipinski definition) is 1. The van der Waals surface area contributed by atoms with Crippen LogP contribution >= 0.6 is 11.6 Å². The van der Waals surface area contributed by atoms with Gasteiger partial charge in [-0.25, -0.2) is 0 Å². The van der Waals surface area contributed by atoms with E-state index in [1.165, 1.54) is 31.2 Å². The molecule has 3 atom stereocenters. The van der Waals surface area contributed by atoms with E-state index in [-0.39, 0.29) is 0 Å². The van der Waals surface area contributed by atoms with Gasteiger partial charge in [-0.05, 0) is 49.3 Å². The van der Waals surface area contributed by atoms with Gasteiger partial charge in [0.2, 0.25) is 0 Å². The molecule has 1 aromatic carbocycles. The zero-order valence-corrected chi connectivity index (χ0v) is 9.50. The van der Waals surface area contributed by atoms with Crippen LogP contribution in [0.15, 0.2) is 24.3 Å². The molecule has 1 unspecified atom stereocenters. The Morgan fingerprint density at radius 3 is 2.20 bits per heavy atom. The van der Waals surface area contributed by atoms with E-state index >= 15 is 0 Å². The Hall–Kier alpha value is -0.530. The van der Waals surface area contributed by atoms with Crippen molar-refractivity contribution in [3.05, 3.63) is 34.9 Å². The maximum atomic E-state index is 5.91. The van der Waals surface area contributed by atoms with Gasteiger partial charge in [0.1, 0.15) is 0 Å². The minimum absolute atomic E-state index is 0.751. The first-order valence-electron chi connectivity index (χ1n) is 5.83. The number of hydrogen-bond donors (Lipinski definition) is 1. The summed E-state index contributed by atoms with van der Waals surface area (Å²) in [4.78, 5) is 0. The van der Waals surface area contributed by atoms with Crippen molar-refractivity contribution in [2.45, 2.75) is 43.7 Å². The van der Waals surface area contributed by atoms with Crippen LogP contribution in [0.1, 0.15) is 37.2 Å². The summed E-state index contributed by atoms with van der Waals surface area (Å²) in [5.74, 6) is 0.751. The predicted octanol–water partition coefficient (Wildman–Crippen LogP) is 3.34. The van der Waals surface area contributed by atoms with E-state index in [1.807, 2.05) is 12.1 Å². The Bertz CT molecular complexity index is 334. The molecule has 0 spiro atoms. The smallest absolute Gasteiger partial charge is 0.0406 e. The molecule has 2 saturated heterocycles. The lowest BCUT2D eigenvalue weighted by molar-refractivity contribution is 0.363. The second-order valence-corrected chi connectivity index (χ2v) is 5.29. The van der Waals surface area contributed by atoms with Gasteiger partial charge in [0.15, 0.2) is 0 Å². The van der Waals surface area contributed by atoms with E-state index in [4.69, 9.17) is 11.6 Å². The fourth-order valence-corrected chi connectivity index (χ4v) is 3.19. The van der Waals surface area contributed by atoms with Crippen molar-refractivity contribution in [2.75, 3.05) is 0 Å². The molecular weight excluding hydrogens is 206 g/mol. The largest absolute Gasteiger partial charge is 0.311 e. The summed E-state index contributed by atoms with van der Waals surface area (Å²) in [6, 6.07) is 9.95. The molecule has 2 heteroatoms. The zero-order chi connectivity index (χ0) is 10.3. The Morgan fingerprint density at radius 2 is 1.60 bits per heavy atom. The number of nitrogens with one attached hydrogen (secondary N) is 1. The molecule has 0 aromatic heterocycles. The molecule has 0 radical (unpaired) electrons. The van der Waals surface area contributed by atoms with Crippen LogP contribution in [0.4, 0.5) is 0 Å². The fourth-order valence-electron chi connectivity index (χ4n) is 3.06. The minimum Gasteiger partial charge on any atom is -0.311 e. The molecule has 2 aliphatic heterocycles. The van der Waals surface area contributed by atoms with Crippen molar-refractivity contribution < 1.29 is 0 Å². The van der Waals surface area contributed by atoms with Crippen LogP contribution in [-0.2, 0) is 0 Å². The maximum absolute atomic E-state index is 5.91. The van der Waals surface area contributed by atoms with E-state index in [9.17, 15) is 0 Å².